The quantitative estimate of drug-likeness (QED) is 0.591. The van der Waals surface area contributed by atoms with Crippen molar-refractivity contribution < 1.29 is 22.6 Å². The Morgan fingerprint density at radius 1 is 0.897 bits per heavy atom. The van der Waals surface area contributed by atoms with Crippen LogP contribution in [-0.2, 0) is 12.7 Å². The fraction of sp³-hybridized carbons (Fsp3) is 0.238. The van der Waals surface area contributed by atoms with E-state index in [9.17, 15) is 13.2 Å². The number of benzene rings is 2. The zero-order valence-corrected chi connectivity index (χ0v) is 16.2. The van der Waals surface area contributed by atoms with E-state index in [1.165, 1.54) is 14.2 Å². The first-order valence-electron chi connectivity index (χ1n) is 8.75. The lowest BCUT2D eigenvalue weighted by molar-refractivity contribution is -0.141. The van der Waals surface area contributed by atoms with Gasteiger partial charge in [0.1, 0.15) is 0 Å². The predicted octanol–water partition coefficient (Wildman–Crippen LogP) is 4.82. The molecular formula is C21H20F3N3O2. The summed E-state index contributed by atoms with van der Waals surface area (Å²) in [6.07, 6.45) is -4.60. The fourth-order valence-corrected chi connectivity index (χ4v) is 2.82. The monoisotopic (exact) mass is 403 g/mol. The summed E-state index contributed by atoms with van der Waals surface area (Å²) in [5.41, 5.74) is 0.531. The molecule has 0 N–H and O–H groups in total. The molecule has 0 bridgehead atoms. The maximum atomic E-state index is 13.5. The summed E-state index contributed by atoms with van der Waals surface area (Å²) < 4.78 is 50.8. The van der Waals surface area contributed by atoms with Crippen LogP contribution in [0.1, 0.15) is 11.3 Å². The first-order valence-corrected chi connectivity index (χ1v) is 8.75. The van der Waals surface area contributed by atoms with Crippen molar-refractivity contribution in [1.29, 1.82) is 0 Å². The normalized spacial score (nSPS) is 11.2. The van der Waals surface area contributed by atoms with Crippen LogP contribution in [0.25, 0.3) is 11.3 Å². The van der Waals surface area contributed by atoms with Crippen LogP contribution in [0.2, 0.25) is 0 Å². The van der Waals surface area contributed by atoms with E-state index >= 15 is 0 Å². The Hall–Kier alpha value is -3.29. The highest BCUT2D eigenvalue weighted by molar-refractivity contribution is 5.65. The molecule has 0 aliphatic carbocycles. The molecule has 3 rings (SSSR count). The molecule has 29 heavy (non-hydrogen) atoms. The minimum atomic E-state index is -4.60. The van der Waals surface area contributed by atoms with Crippen LogP contribution in [0.4, 0.5) is 19.1 Å². The van der Waals surface area contributed by atoms with Gasteiger partial charge in [-0.05, 0) is 29.8 Å². The maximum absolute atomic E-state index is 13.5. The number of ether oxygens (including phenoxy) is 2. The third-order valence-corrected chi connectivity index (χ3v) is 4.29. The van der Waals surface area contributed by atoms with Gasteiger partial charge < -0.3 is 14.4 Å². The highest BCUT2D eigenvalue weighted by atomic mass is 19.4. The average Bonchev–Trinajstić information content (AvgIpc) is 2.73. The molecule has 0 aliphatic heterocycles. The smallest absolute Gasteiger partial charge is 0.433 e. The Morgan fingerprint density at radius 2 is 1.59 bits per heavy atom. The van der Waals surface area contributed by atoms with Crippen molar-refractivity contribution in [3.05, 3.63) is 65.9 Å². The zero-order valence-electron chi connectivity index (χ0n) is 16.2. The molecule has 0 radical (unpaired) electrons. The van der Waals surface area contributed by atoms with Gasteiger partial charge in [-0.15, -0.1) is 0 Å². The Kier molecular flexibility index (Phi) is 5.91. The van der Waals surface area contributed by atoms with Gasteiger partial charge in [-0.1, -0.05) is 30.3 Å². The van der Waals surface area contributed by atoms with Gasteiger partial charge >= 0.3 is 6.18 Å². The molecule has 2 aromatic carbocycles. The van der Waals surface area contributed by atoms with Crippen LogP contribution in [0.3, 0.4) is 0 Å². The molecule has 0 atom stereocenters. The highest BCUT2D eigenvalue weighted by Crippen LogP contribution is 2.35. The van der Waals surface area contributed by atoms with E-state index in [0.717, 1.165) is 11.6 Å². The van der Waals surface area contributed by atoms with Crippen molar-refractivity contribution in [3.63, 3.8) is 0 Å². The van der Waals surface area contributed by atoms with E-state index in [2.05, 4.69) is 9.97 Å². The van der Waals surface area contributed by atoms with Gasteiger partial charge in [-0.25, -0.2) is 9.97 Å². The largest absolute Gasteiger partial charge is 0.493 e. The van der Waals surface area contributed by atoms with Gasteiger partial charge in [-0.2, -0.15) is 13.2 Å². The van der Waals surface area contributed by atoms with E-state index in [0.29, 0.717) is 23.6 Å². The minimum absolute atomic E-state index is 0.0199. The van der Waals surface area contributed by atoms with Gasteiger partial charge in [0.15, 0.2) is 17.2 Å². The molecule has 3 aromatic rings. The molecule has 0 saturated carbocycles. The van der Waals surface area contributed by atoms with Gasteiger partial charge in [0.25, 0.3) is 0 Å². The second-order valence-corrected chi connectivity index (χ2v) is 6.35. The lowest BCUT2D eigenvalue weighted by atomic mass is 10.1. The van der Waals surface area contributed by atoms with E-state index in [1.54, 1.807) is 30.1 Å². The second-order valence-electron chi connectivity index (χ2n) is 6.35. The van der Waals surface area contributed by atoms with Gasteiger partial charge in [0.2, 0.25) is 5.95 Å². The first-order chi connectivity index (χ1) is 13.8. The number of rotatable bonds is 6. The molecular weight excluding hydrogens is 383 g/mol. The summed E-state index contributed by atoms with van der Waals surface area (Å²) in [4.78, 5) is 9.68. The van der Waals surface area contributed by atoms with Crippen LogP contribution in [-0.4, -0.2) is 31.2 Å². The van der Waals surface area contributed by atoms with Crippen molar-refractivity contribution in [2.24, 2.45) is 0 Å². The summed E-state index contributed by atoms with van der Waals surface area (Å²) in [5, 5.41) is 0. The molecule has 0 unspecified atom stereocenters. The summed E-state index contributed by atoms with van der Waals surface area (Å²) in [7, 11) is 4.60. The van der Waals surface area contributed by atoms with E-state index in [4.69, 9.17) is 9.47 Å². The molecule has 0 saturated heterocycles. The van der Waals surface area contributed by atoms with Crippen LogP contribution >= 0.6 is 0 Å². The number of halogens is 3. The molecule has 1 aromatic heterocycles. The van der Waals surface area contributed by atoms with Crippen LogP contribution in [0.5, 0.6) is 11.5 Å². The van der Waals surface area contributed by atoms with Crippen molar-refractivity contribution in [2.45, 2.75) is 12.7 Å². The number of nitrogens with zero attached hydrogens (tertiary/aromatic N) is 3. The molecule has 8 heteroatoms. The number of alkyl halides is 3. The van der Waals surface area contributed by atoms with Crippen molar-refractivity contribution in [3.8, 4) is 22.8 Å². The van der Waals surface area contributed by atoms with Gasteiger partial charge in [-0.3, -0.25) is 0 Å². The molecule has 0 fully saturated rings. The Balaban J connectivity index is 2.04. The predicted molar refractivity (Wildman–Crippen MR) is 104 cm³/mol. The summed E-state index contributed by atoms with van der Waals surface area (Å²) >= 11 is 0. The van der Waals surface area contributed by atoms with Crippen LogP contribution in [0, 0.1) is 0 Å². The molecule has 5 nitrogen and oxygen atoms in total. The third-order valence-electron chi connectivity index (χ3n) is 4.29. The van der Waals surface area contributed by atoms with Crippen LogP contribution < -0.4 is 14.4 Å². The third kappa shape index (κ3) is 4.77. The molecule has 1 heterocycles. The zero-order chi connectivity index (χ0) is 21.0. The van der Waals surface area contributed by atoms with Crippen molar-refractivity contribution in [1.82, 2.24) is 9.97 Å². The van der Waals surface area contributed by atoms with Crippen LogP contribution in [0.15, 0.2) is 54.6 Å². The average molecular weight is 403 g/mol. The Morgan fingerprint density at radius 3 is 2.21 bits per heavy atom. The lowest BCUT2D eigenvalue weighted by Gasteiger charge is -2.20. The summed E-state index contributed by atoms with van der Waals surface area (Å²) in [6.45, 7) is 0.369. The fourth-order valence-electron chi connectivity index (χ4n) is 2.82. The van der Waals surface area contributed by atoms with Gasteiger partial charge in [0.05, 0.1) is 19.9 Å². The molecule has 0 spiro atoms. The van der Waals surface area contributed by atoms with Crippen molar-refractivity contribution in [2.75, 3.05) is 26.2 Å². The number of anilines is 1. The summed E-state index contributed by atoms with van der Waals surface area (Å²) in [5.74, 6) is 0.854. The Labute approximate surface area is 166 Å². The number of hydrogen-bond donors (Lipinski definition) is 0. The SMILES string of the molecule is COc1ccc(-c2cc(C(F)(F)F)nc(N(C)Cc3ccccc3)n2)cc1OC. The summed E-state index contributed by atoms with van der Waals surface area (Å²) in [6, 6.07) is 15.2. The highest BCUT2D eigenvalue weighted by Gasteiger charge is 2.34. The van der Waals surface area contributed by atoms with Crippen molar-refractivity contribution >= 4 is 5.95 Å². The second kappa shape index (κ2) is 8.38. The van der Waals surface area contributed by atoms with E-state index < -0.39 is 11.9 Å². The van der Waals surface area contributed by atoms with E-state index in [1.807, 2.05) is 30.3 Å². The molecule has 152 valence electrons. The standard InChI is InChI=1S/C21H20F3N3O2/c1-27(13-14-7-5-4-6-8-14)20-25-16(12-19(26-20)21(22,23)24)15-9-10-17(28-2)18(11-15)29-3/h4-12H,13H2,1-3H3. The first kappa shape index (κ1) is 20.4. The Bertz CT molecular complexity index is 979. The molecule has 0 amide bonds. The number of aromatic nitrogens is 2. The molecule has 0 aliphatic rings. The number of hydrogen-bond acceptors (Lipinski definition) is 5. The number of methoxy groups -OCH3 is 2. The minimum Gasteiger partial charge on any atom is -0.493 e. The van der Waals surface area contributed by atoms with E-state index in [-0.39, 0.29) is 11.6 Å². The van der Waals surface area contributed by atoms with Gasteiger partial charge in [0, 0.05) is 19.2 Å². The topological polar surface area (TPSA) is 47.5 Å². The lowest BCUT2D eigenvalue weighted by Crippen LogP contribution is -2.21. The maximum Gasteiger partial charge on any atom is 0.433 e.